The van der Waals surface area contributed by atoms with Crippen molar-refractivity contribution in [2.24, 2.45) is 0 Å². The van der Waals surface area contributed by atoms with Gasteiger partial charge in [0.05, 0.1) is 6.61 Å². The first-order chi connectivity index (χ1) is 15.8. The number of hydrogen-bond donors (Lipinski definition) is 0. The molecule has 1 saturated heterocycles. The van der Waals surface area contributed by atoms with Gasteiger partial charge in [0.1, 0.15) is 12.7 Å². The summed E-state index contributed by atoms with van der Waals surface area (Å²) in [4.78, 5) is 12.0. The largest absolute Gasteiger partial charge is 0.463 e. The summed E-state index contributed by atoms with van der Waals surface area (Å²) in [6.45, 7) is 2.96. The molecule has 0 N–H and O–H groups in total. The van der Waals surface area contributed by atoms with Gasteiger partial charge >= 0.3 is 5.97 Å². The van der Waals surface area contributed by atoms with Crippen LogP contribution in [0.4, 0.5) is 0 Å². The monoisotopic (exact) mass is 442 g/mol. The molecule has 4 heteroatoms. The molecule has 2 atom stereocenters. The van der Waals surface area contributed by atoms with Gasteiger partial charge in [-0.15, -0.1) is 0 Å². The number of rotatable bonds is 17. The van der Waals surface area contributed by atoms with Crippen LogP contribution in [-0.2, 0) is 19.0 Å². The number of allylic oxidation sites excluding steroid dienone is 4. The number of hydrogen-bond acceptors (Lipinski definition) is 4. The second-order valence-electron chi connectivity index (χ2n) is 8.50. The number of carbonyl (C=O) groups is 1. The minimum atomic E-state index is -0.359. The van der Waals surface area contributed by atoms with Crippen LogP contribution in [0.15, 0.2) is 54.6 Å². The van der Waals surface area contributed by atoms with Gasteiger partial charge in [-0.05, 0) is 38.5 Å². The molecule has 0 radical (unpaired) electrons. The van der Waals surface area contributed by atoms with Crippen LogP contribution in [0, 0.1) is 0 Å². The molecule has 0 bridgehead atoms. The summed E-state index contributed by atoms with van der Waals surface area (Å²) in [5.74, 6) is -0.137. The van der Waals surface area contributed by atoms with Gasteiger partial charge in [-0.25, -0.2) is 0 Å². The Bertz CT molecular complexity index is 653. The van der Waals surface area contributed by atoms with Crippen LogP contribution in [0.2, 0.25) is 0 Å². The molecule has 178 valence electrons. The molecule has 2 rings (SSSR count). The molecule has 1 aromatic rings. The zero-order valence-electron chi connectivity index (χ0n) is 19.9. The molecule has 0 spiro atoms. The van der Waals surface area contributed by atoms with Crippen molar-refractivity contribution >= 4 is 5.97 Å². The smallest absolute Gasteiger partial charge is 0.305 e. The Hall–Kier alpha value is -1.91. The first kappa shape index (κ1) is 26.3. The van der Waals surface area contributed by atoms with Gasteiger partial charge in [0.15, 0.2) is 6.29 Å². The fraction of sp³-hybridized carbons (Fsp3) is 0.607. The van der Waals surface area contributed by atoms with Crippen molar-refractivity contribution < 1.29 is 19.0 Å². The number of benzene rings is 1. The Labute approximate surface area is 195 Å². The average molecular weight is 443 g/mol. The van der Waals surface area contributed by atoms with Gasteiger partial charge < -0.3 is 14.2 Å². The van der Waals surface area contributed by atoms with Crippen LogP contribution in [0.3, 0.4) is 0 Å². The van der Waals surface area contributed by atoms with E-state index >= 15 is 0 Å². The normalized spacial score (nSPS) is 18.7. The van der Waals surface area contributed by atoms with Crippen LogP contribution in [0.5, 0.6) is 0 Å². The van der Waals surface area contributed by atoms with E-state index in [0.717, 1.165) is 31.2 Å². The standard InChI is InChI=1S/C28H42O4/c1-2-3-4-5-6-7-8-9-10-11-12-13-14-15-19-22-27(29)30-23-26-24-31-28(32-26)25-20-17-16-18-21-25/h6-7,9-10,16-18,20-21,26,28H,2-5,8,11-15,19,22-24H2,1H3/b7-6+,10-9+/t26-,28-/m0/s1. The van der Waals surface area contributed by atoms with Crippen LogP contribution in [0.1, 0.15) is 95.8 Å². The maximum Gasteiger partial charge on any atom is 0.305 e. The third-order valence-corrected chi connectivity index (χ3v) is 5.58. The molecular weight excluding hydrogens is 400 g/mol. The summed E-state index contributed by atoms with van der Waals surface area (Å²) in [6, 6.07) is 9.83. The minimum absolute atomic E-state index is 0.137. The van der Waals surface area contributed by atoms with E-state index in [4.69, 9.17) is 14.2 Å². The molecule has 32 heavy (non-hydrogen) atoms. The summed E-state index contributed by atoms with van der Waals surface area (Å²) in [7, 11) is 0. The first-order valence-corrected chi connectivity index (χ1v) is 12.6. The summed E-state index contributed by atoms with van der Waals surface area (Å²) < 4.78 is 16.8. The molecule has 0 unspecified atom stereocenters. The Balaban J connectivity index is 1.38. The maximum absolute atomic E-state index is 12.0. The third-order valence-electron chi connectivity index (χ3n) is 5.58. The highest BCUT2D eigenvalue weighted by Gasteiger charge is 2.28. The highest BCUT2D eigenvalue weighted by atomic mass is 16.7. The summed E-state index contributed by atoms with van der Waals surface area (Å²) in [5.41, 5.74) is 0.992. The first-order valence-electron chi connectivity index (χ1n) is 12.6. The van der Waals surface area contributed by atoms with Gasteiger partial charge in [-0.3, -0.25) is 4.79 Å². The Morgan fingerprint density at radius 2 is 1.62 bits per heavy atom. The van der Waals surface area contributed by atoms with Crippen molar-refractivity contribution in [2.75, 3.05) is 13.2 Å². The lowest BCUT2D eigenvalue weighted by Crippen LogP contribution is -2.20. The number of ether oxygens (including phenoxy) is 3. The SMILES string of the molecule is CCCCC/C=C/C/C=C/CCCCCCCC(=O)OC[C@H]1CO[C@H](c2ccccc2)O1. The molecule has 0 amide bonds. The maximum atomic E-state index is 12.0. The number of unbranched alkanes of at least 4 members (excludes halogenated alkanes) is 8. The highest BCUT2D eigenvalue weighted by Crippen LogP contribution is 2.26. The van der Waals surface area contributed by atoms with Crippen molar-refractivity contribution in [2.45, 2.75) is 96.4 Å². The fourth-order valence-electron chi connectivity index (χ4n) is 3.66. The second kappa shape index (κ2) is 17.6. The zero-order valence-corrected chi connectivity index (χ0v) is 19.9. The summed E-state index contributed by atoms with van der Waals surface area (Å²) in [5, 5.41) is 0. The molecule has 0 aromatic heterocycles. The van der Waals surface area contributed by atoms with E-state index in [0.29, 0.717) is 13.0 Å². The van der Waals surface area contributed by atoms with Gasteiger partial charge in [0.25, 0.3) is 0 Å². The molecule has 1 aliphatic heterocycles. The van der Waals surface area contributed by atoms with Gasteiger partial charge in [-0.1, -0.05) is 93.7 Å². The molecular formula is C28H42O4. The number of carbonyl (C=O) groups excluding carboxylic acids is 1. The van der Waals surface area contributed by atoms with Crippen LogP contribution >= 0.6 is 0 Å². The quantitative estimate of drug-likeness (QED) is 0.143. The average Bonchev–Trinajstić information content (AvgIpc) is 3.30. The van der Waals surface area contributed by atoms with E-state index in [9.17, 15) is 4.79 Å². The van der Waals surface area contributed by atoms with Crippen molar-refractivity contribution in [3.8, 4) is 0 Å². The molecule has 4 nitrogen and oxygen atoms in total. The van der Waals surface area contributed by atoms with Crippen LogP contribution in [0.25, 0.3) is 0 Å². The van der Waals surface area contributed by atoms with E-state index < -0.39 is 0 Å². The lowest BCUT2D eigenvalue weighted by Gasteiger charge is -2.12. The van der Waals surface area contributed by atoms with Crippen LogP contribution in [-0.4, -0.2) is 25.3 Å². The molecule has 1 aromatic carbocycles. The van der Waals surface area contributed by atoms with E-state index in [-0.39, 0.29) is 25.0 Å². The van der Waals surface area contributed by atoms with Crippen molar-refractivity contribution in [1.82, 2.24) is 0 Å². The molecule has 0 aliphatic carbocycles. The second-order valence-corrected chi connectivity index (χ2v) is 8.50. The summed E-state index contributed by atoms with van der Waals surface area (Å²) >= 11 is 0. The molecule has 0 saturated carbocycles. The van der Waals surface area contributed by atoms with E-state index in [1.807, 2.05) is 30.3 Å². The van der Waals surface area contributed by atoms with Gasteiger partial charge in [0.2, 0.25) is 0 Å². The van der Waals surface area contributed by atoms with Crippen molar-refractivity contribution in [3.05, 3.63) is 60.2 Å². The fourth-order valence-corrected chi connectivity index (χ4v) is 3.66. The zero-order chi connectivity index (χ0) is 22.7. The molecule has 1 fully saturated rings. The predicted octanol–water partition coefficient (Wildman–Crippen LogP) is 7.46. The predicted molar refractivity (Wildman–Crippen MR) is 130 cm³/mol. The van der Waals surface area contributed by atoms with Gasteiger partial charge in [-0.2, -0.15) is 0 Å². The Kier molecular flexibility index (Phi) is 14.5. The van der Waals surface area contributed by atoms with Crippen molar-refractivity contribution in [1.29, 1.82) is 0 Å². The lowest BCUT2D eigenvalue weighted by molar-refractivity contribution is -0.148. The van der Waals surface area contributed by atoms with Crippen LogP contribution < -0.4 is 0 Å². The Morgan fingerprint density at radius 3 is 2.38 bits per heavy atom. The lowest BCUT2D eigenvalue weighted by atomic mass is 10.1. The minimum Gasteiger partial charge on any atom is -0.463 e. The molecule has 1 heterocycles. The van der Waals surface area contributed by atoms with Crippen molar-refractivity contribution in [3.63, 3.8) is 0 Å². The summed E-state index contributed by atoms with van der Waals surface area (Å²) in [6.07, 6.45) is 22.1. The highest BCUT2D eigenvalue weighted by molar-refractivity contribution is 5.69. The Morgan fingerprint density at radius 1 is 0.938 bits per heavy atom. The molecule has 1 aliphatic rings. The van der Waals surface area contributed by atoms with E-state index in [2.05, 4.69) is 31.2 Å². The third kappa shape index (κ3) is 12.2. The van der Waals surface area contributed by atoms with E-state index in [1.54, 1.807) is 0 Å². The van der Waals surface area contributed by atoms with E-state index in [1.165, 1.54) is 44.9 Å². The number of esters is 1. The van der Waals surface area contributed by atoms with Gasteiger partial charge in [0, 0.05) is 12.0 Å². The topological polar surface area (TPSA) is 44.8 Å².